The first-order chi connectivity index (χ1) is 16.4. The summed E-state index contributed by atoms with van der Waals surface area (Å²) < 4.78 is 34.7. The van der Waals surface area contributed by atoms with Gasteiger partial charge < -0.3 is 4.74 Å². The normalized spacial score (nSPS) is 21.9. The van der Waals surface area contributed by atoms with Crippen molar-refractivity contribution in [3.8, 4) is 23.0 Å². The Morgan fingerprint density at radius 2 is 1.76 bits per heavy atom. The van der Waals surface area contributed by atoms with Crippen LogP contribution in [-0.2, 0) is 5.41 Å². The Labute approximate surface area is 194 Å². The molecule has 0 N–H and O–H groups in total. The van der Waals surface area contributed by atoms with Gasteiger partial charge in [-0.05, 0) is 47.9 Å². The highest BCUT2D eigenvalue weighted by molar-refractivity contribution is 5.64. The Balaban J connectivity index is 1.47. The largest absolute Gasteiger partial charge is 0.417 e. The number of aromatic nitrogens is 6. The summed E-state index contributed by atoms with van der Waals surface area (Å²) in [6.45, 7) is 4.35. The summed E-state index contributed by atoms with van der Waals surface area (Å²) in [5.74, 6) is -0.563. The number of halogens is 2. The van der Waals surface area contributed by atoms with E-state index >= 15 is 0 Å². The van der Waals surface area contributed by atoms with E-state index in [2.05, 4.69) is 39.0 Å². The number of ether oxygens (including phenoxy) is 1. The topological polar surface area (TPSA) is 86.6 Å². The van der Waals surface area contributed by atoms with Crippen LogP contribution in [0, 0.1) is 17.0 Å². The van der Waals surface area contributed by atoms with E-state index < -0.39 is 17.0 Å². The third kappa shape index (κ3) is 2.79. The van der Waals surface area contributed by atoms with Crippen molar-refractivity contribution in [2.75, 3.05) is 0 Å². The van der Waals surface area contributed by atoms with Crippen LogP contribution in [0.2, 0.25) is 0 Å². The number of rotatable bonds is 4. The summed E-state index contributed by atoms with van der Waals surface area (Å²) in [6.07, 6.45) is 9.56. The highest BCUT2D eigenvalue weighted by Gasteiger charge is 2.65. The first kappa shape index (κ1) is 20.7. The lowest BCUT2D eigenvalue weighted by Gasteiger charge is -2.37. The second kappa shape index (κ2) is 7.31. The summed E-state index contributed by atoms with van der Waals surface area (Å²) in [6, 6.07) is 5.57. The quantitative estimate of drug-likeness (QED) is 0.425. The van der Waals surface area contributed by atoms with Crippen molar-refractivity contribution in [2.45, 2.75) is 38.0 Å². The van der Waals surface area contributed by atoms with Gasteiger partial charge in [0.05, 0.1) is 40.5 Å². The molecular formula is C25H20F2N6O. The molecule has 2 atom stereocenters. The van der Waals surface area contributed by atoms with Crippen LogP contribution in [0.15, 0.2) is 55.2 Å². The van der Waals surface area contributed by atoms with Crippen molar-refractivity contribution in [1.82, 2.24) is 30.1 Å². The lowest BCUT2D eigenvalue weighted by atomic mass is 9.66. The Morgan fingerprint density at radius 3 is 2.53 bits per heavy atom. The molecule has 2 aliphatic rings. The Hall–Kier alpha value is -3.88. The smallest absolute Gasteiger partial charge is 0.240 e. The lowest BCUT2D eigenvalue weighted by Crippen LogP contribution is -2.38. The van der Waals surface area contributed by atoms with Crippen LogP contribution in [-0.4, -0.2) is 30.1 Å². The molecule has 34 heavy (non-hydrogen) atoms. The summed E-state index contributed by atoms with van der Waals surface area (Å²) in [5, 5.41) is 8.80. The second-order valence-corrected chi connectivity index (χ2v) is 9.24. The van der Waals surface area contributed by atoms with Gasteiger partial charge in [-0.15, -0.1) is 5.10 Å². The first-order valence-electron chi connectivity index (χ1n) is 11.0. The summed E-state index contributed by atoms with van der Waals surface area (Å²) in [5.41, 5.74) is 1.66. The fraction of sp³-hybridized carbons (Fsp3) is 0.280. The molecule has 3 aromatic heterocycles. The van der Waals surface area contributed by atoms with Gasteiger partial charge >= 0.3 is 0 Å². The minimum atomic E-state index is -0.661. The van der Waals surface area contributed by atoms with Crippen molar-refractivity contribution in [3.63, 3.8) is 0 Å². The van der Waals surface area contributed by atoms with Gasteiger partial charge in [0.2, 0.25) is 11.8 Å². The molecule has 0 unspecified atom stereocenters. The standard InChI is InChI=1S/C25H20F2N6O/c1-24(2)15-6-7-25(24,19-11-29-13-21(31-19)34-20-12-28-8-9-30-20)23-14(15)10-18(32-33-23)22-16(26)4-3-5-17(22)27/h3-5,8-13,15H,6-7H2,1-2H3/t15-,25-/m0/s1. The molecule has 2 bridgehead atoms. The SMILES string of the molecule is CC1(C)[C@H]2CC[C@]1(c1cncc(Oc3cnccn3)n1)c1nnc(-c3c(F)cccc3F)cc12. The number of fused-ring (bicyclic) bond motifs is 5. The molecule has 3 heterocycles. The maximum absolute atomic E-state index is 14.4. The zero-order chi connectivity index (χ0) is 23.5. The molecule has 4 aromatic rings. The van der Waals surface area contributed by atoms with Gasteiger partial charge in [-0.1, -0.05) is 19.9 Å². The molecule has 1 aromatic carbocycles. The molecule has 0 spiro atoms. The van der Waals surface area contributed by atoms with E-state index in [1.807, 2.05) is 0 Å². The van der Waals surface area contributed by atoms with Crippen LogP contribution in [0.4, 0.5) is 8.78 Å². The molecule has 6 rings (SSSR count). The zero-order valence-corrected chi connectivity index (χ0v) is 18.5. The maximum atomic E-state index is 14.4. The van der Waals surface area contributed by atoms with Gasteiger partial charge in [0.1, 0.15) is 11.6 Å². The van der Waals surface area contributed by atoms with E-state index in [4.69, 9.17) is 9.72 Å². The minimum absolute atomic E-state index is 0.137. The van der Waals surface area contributed by atoms with Crippen LogP contribution in [0.25, 0.3) is 11.3 Å². The molecule has 0 saturated heterocycles. The molecule has 1 saturated carbocycles. The average Bonchev–Trinajstić information content (AvgIpc) is 3.21. The number of hydrogen-bond donors (Lipinski definition) is 0. The van der Waals surface area contributed by atoms with E-state index in [9.17, 15) is 8.78 Å². The summed E-state index contributed by atoms with van der Waals surface area (Å²) in [4.78, 5) is 17.3. The van der Waals surface area contributed by atoms with E-state index in [1.54, 1.807) is 18.5 Å². The van der Waals surface area contributed by atoms with E-state index in [1.165, 1.54) is 36.8 Å². The molecule has 0 radical (unpaired) electrons. The van der Waals surface area contributed by atoms with Crippen molar-refractivity contribution in [2.24, 2.45) is 5.41 Å². The molecule has 7 nitrogen and oxygen atoms in total. The summed E-state index contributed by atoms with van der Waals surface area (Å²) >= 11 is 0. The number of hydrogen-bond acceptors (Lipinski definition) is 7. The predicted molar refractivity (Wildman–Crippen MR) is 118 cm³/mol. The minimum Gasteiger partial charge on any atom is -0.417 e. The Morgan fingerprint density at radius 1 is 0.971 bits per heavy atom. The van der Waals surface area contributed by atoms with E-state index in [0.29, 0.717) is 11.8 Å². The number of benzene rings is 1. The number of nitrogens with zero attached hydrogens (tertiary/aromatic N) is 6. The lowest BCUT2D eigenvalue weighted by molar-refractivity contribution is 0.240. The highest BCUT2D eigenvalue weighted by atomic mass is 19.1. The monoisotopic (exact) mass is 458 g/mol. The van der Waals surface area contributed by atoms with Crippen LogP contribution in [0.1, 0.15) is 49.6 Å². The van der Waals surface area contributed by atoms with Crippen LogP contribution >= 0.6 is 0 Å². The van der Waals surface area contributed by atoms with Crippen LogP contribution in [0.3, 0.4) is 0 Å². The van der Waals surface area contributed by atoms with Gasteiger partial charge in [0.15, 0.2) is 0 Å². The van der Waals surface area contributed by atoms with Gasteiger partial charge in [-0.2, -0.15) is 5.10 Å². The van der Waals surface area contributed by atoms with Gasteiger partial charge in [0, 0.05) is 18.6 Å². The third-order valence-corrected chi connectivity index (χ3v) is 7.40. The molecule has 0 amide bonds. The van der Waals surface area contributed by atoms with Crippen molar-refractivity contribution in [1.29, 1.82) is 0 Å². The predicted octanol–water partition coefficient (Wildman–Crippen LogP) is 5.00. The molecule has 0 aliphatic heterocycles. The molecule has 170 valence electrons. The Kier molecular flexibility index (Phi) is 4.45. The zero-order valence-electron chi connectivity index (χ0n) is 18.5. The fourth-order valence-electron chi connectivity index (χ4n) is 5.80. The molecular weight excluding hydrogens is 438 g/mol. The van der Waals surface area contributed by atoms with Gasteiger partial charge in [-0.3, -0.25) is 9.97 Å². The van der Waals surface area contributed by atoms with Crippen LogP contribution in [0.5, 0.6) is 11.8 Å². The first-order valence-corrected chi connectivity index (χ1v) is 11.0. The Bertz CT molecular complexity index is 1390. The van der Waals surface area contributed by atoms with Crippen molar-refractivity contribution >= 4 is 0 Å². The van der Waals surface area contributed by atoms with E-state index in [-0.39, 0.29) is 22.6 Å². The average molecular weight is 458 g/mol. The van der Waals surface area contributed by atoms with E-state index in [0.717, 1.165) is 29.8 Å². The van der Waals surface area contributed by atoms with Crippen molar-refractivity contribution < 1.29 is 13.5 Å². The second-order valence-electron chi connectivity index (χ2n) is 9.24. The molecule has 2 aliphatic carbocycles. The van der Waals surface area contributed by atoms with Crippen molar-refractivity contribution in [3.05, 3.63) is 83.8 Å². The summed E-state index contributed by atoms with van der Waals surface area (Å²) in [7, 11) is 0. The fourth-order valence-corrected chi connectivity index (χ4v) is 5.80. The molecule has 1 fully saturated rings. The highest BCUT2D eigenvalue weighted by Crippen LogP contribution is 2.69. The van der Waals surface area contributed by atoms with Gasteiger partial charge in [0.25, 0.3) is 0 Å². The molecule has 9 heteroatoms. The van der Waals surface area contributed by atoms with Crippen LogP contribution < -0.4 is 4.74 Å². The van der Waals surface area contributed by atoms with Gasteiger partial charge in [-0.25, -0.2) is 18.7 Å². The third-order valence-electron chi connectivity index (χ3n) is 7.40. The maximum Gasteiger partial charge on any atom is 0.240 e.